The zero-order valence-corrected chi connectivity index (χ0v) is 16.7. The van der Waals surface area contributed by atoms with E-state index >= 15 is 0 Å². The van der Waals surface area contributed by atoms with Crippen molar-refractivity contribution in [1.29, 1.82) is 0 Å². The number of aryl methyl sites for hydroxylation is 1. The van der Waals surface area contributed by atoms with Gasteiger partial charge in [0.05, 0.1) is 12.1 Å². The highest BCUT2D eigenvalue weighted by Crippen LogP contribution is 2.24. The van der Waals surface area contributed by atoms with Crippen molar-refractivity contribution >= 4 is 29.9 Å². The summed E-state index contributed by atoms with van der Waals surface area (Å²) in [6, 6.07) is 2.08. The second-order valence-electron chi connectivity index (χ2n) is 6.08. The van der Waals surface area contributed by atoms with Gasteiger partial charge < -0.3 is 15.4 Å². The molecule has 0 amide bonds. The van der Waals surface area contributed by atoms with Crippen LogP contribution < -0.4 is 10.6 Å². The molecule has 0 bridgehead atoms. The summed E-state index contributed by atoms with van der Waals surface area (Å²) in [6.45, 7) is 9.60. The lowest BCUT2D eigenvalue weighted by Gasteiger charge is -2.21. The Morgan fingerprint density at radius 1 is 1.43 bits per heavy atom. The van der Waals surface area contributed by atoms with Crippen LogP contribution >= 0.6 is 24.0 Å². The quantitative estimate of drug-likeness (QED) is 0.413. The Morgan fingerprint density at radius 3 is 2.91 bits per heavy atom. The number of halogens is 1. The summed E-state index contributed by atoms with van der Waals surface area (Å²) in [5.74, 6) is 0.867. The van der Waals surface area contributed by atoms with Crippen LogP contribution in [-0.2, 0) is 11.2 Å². The van der Waals surface area contributed by atoms with Crippen LogP contribution in [0.5, 0.6) is 0 Å². The lowest BCUT2D eigenvalue weighted by molar-refractivity contribution is 0.0283. The SMILES string of the molecule is CCNC(=NCC1(C)CCCO1)NCCc1ccncc1C.I. The maximum atomic E-state index is 5.79. The maximum Gasteiger partial charge on any atom is 0.191 e. The van der Waals surface area contributed by atoms with Crippen molar-refractivity contribution in [3.8, 4) is 0 Å². The smallest absolute Gasteiger partial charge is 0.191 e. The highest BCUT2D eigenvalue weighted by molar-refractivity contribution is 14.0. The predicted molar refractivity (Wildman–Crippen MR) is 106 cm³/mol. The van der Waals surface area contributed by atoms with Gasteiger partial charge in [0.2, 0.25) is 0 Å². The molecule has 1 atom stereocenters. The van der Waals surface area contributed by atoms with Gasteiger partial charge in [-0.15, -0.1) is 24.0 Å². The molecule has 1 aliphatic rings. The van der Waals surface area contributed by atoms with Crippen LogP contribution in [-0.4, -0.2) is 42.8 Å². The monoisotopic (exact) mass is 432 g/mol. The second kappa shape index (κ2) is 10.1. The van der Waals surface area contributed by atoms with Crippen molar-refractivity contribution in [2.75, 3.05) is 26.2 Å². The minimum Gasteiger partial charge on any atom is -0.373 e. The van der Waals surface area contributed by atoms with E-state index in [1.807, 2.05) is 12.4 Å². The topological polar surface area (TPSA) is 58.5 Å². The molecule has 130 valence electrons. The summed E-state index contributed by atoms with van der Waals surface area (Å²) >= 11 is 0. The Balaban J connectivity index is 0.00000264. The van der Waals surface area contributed by atoms with Crippen LogP contribution in [0.25, 0.3) is 0 Å². The zero-order valence-electron chi connectivity index (χ0n) is 14.4. The van der Waals surface area contributed by atoms with E-state index in [-0.39, 0.29) is 29.6 Å². The lowest BCUT2D eigenvalue weighted by atomic mass is 10.0. The first-order valence-corrected chi connectivity index (χ1v) is 8.18. The van der Waals surface area contributed by atoms with E-state index in [9.17, 15) is 0 Å². The molecule has 1 unspecified atom stereocenters. The molecule has 1 fully saturated rings. The van der Waals surface area contributed by atoms with Crippen molar-refractivity contribution in [3.05, 3.63) is 29.6 Å². The molecule has 1 aromatic heterocycles. The lowest BCUT2D eigenvalue weighted by Crippen LogP contribution is -2.40. The number of aromatic nitrogens is 1. The van der Waals surface area contributed by atoms with E-state index in [0.717, 1.165) is 44.9 Å². The molecule has 0 saturated carbocycles. The third-order valence-corrected chi connectivity index (χ3v) is 4.04. The first kappa shape index (κ1) is 20.2. The van der Waals surface area contributed by atoms with E-state index in [0.29, 0.717) is 6.54 Å². The molecule has 23 heavy (non-hydrogen) atoms. The van der Waals surface area contributed by atoms with Gasteiger partial charge in [0.15, 0.2) is 5.96 Å². The fraction of sp³-hybridized carbons (Fsp3) is 0.647. The van der Waals surface area contributed by atoms with Gasteiger partial charge in [-0.1, -0.05) is 0 Å². The van der Waals surface area contributed by atoms with Crippen molar-refractivity contribution in [3.63, 3.8) is 0 Å². The van der Waals surface area contributed by atoms with Crippen molar-refractivity contribution in [1.82, 2.24) is 15.6 Å². The number of rotatable bonds is 6. The molecule has 0 spiro atoms. The van der Waals surface area contributed by atoms with E-state index in [2.05, 4.69) is 47.4 Å². The van der Waals surface area contributed by atoms with Gasteiger partial charge in [-0.25, -0.2) is 0 Å². The Kier molecular flexibility index (Phi) is 8.83. The van der Waals surface area contributed by atoms with Gasteiger partial charge in [0, 0.05) is 32.1 Å². The van der Waals surface area contributed by atoms with Crippen molar-refractivity contribution in [2.24, 2.45) is 4.99 Å². The zero-order chi connectivity index (χ0) is 15.8. The molecule has 2 N–H and O–H groups in total. The number of ether oxygens (including phenoxy) is 1. The highest BCUT2D eigenvalue weighted by Gasteiger charge is 2.29. The van der Waals surface area contributed by atoms with Crippen molar-refractivity contribution in [2.45, 2.75) is 45.6 Å². The summed E-state index contributed by atoms with van der Waals surface area (Å²) in [6.07, 6.45) is 6.95. The van der Waals surface area contributed by atoms with Gasteiger partial charge in [-0.2, -0.15) is 0 Å². The molecule has 1 aliphatic heterocycles. The summed E-state index contributed by atoms with van der Waals surface area (Å²) in [5.41, 5.74) is 2.46. The normalized spacial score (nSPS) is 20.9. The summed E-state index contributed by atoms with van der Waals surface area (Å²) in [7, 11) is 0. The van der Waals surface area contributed by atoms with Gasteiger partial charge in [0.1, 0.15) is 0 Å². The number of aliphatic imine (C=N–C) groups is 1. The molecule has 1 aromatic rings. The number of pyridine rings is 1. The Bertz CT molecular complexity index is 501. The standard InChI is InChI=1S/C17H28N4O.HI/c1-4-19-16(21-13-17(3)8-5-11-22-17)20-10-7-15-6-9-18-12-14(15)2;/h6,9,12H,4-5,7-8,10-11,13H2,1-3H3,(H2,19,20,21);1H. The van der Waals surface area contributed by atoms with Crippen LogP contribution in [0, 0.1) is 6.92 Å². The number of nitrogens with zero attached hydrogens (tertiary/aromatic N) is 2. The first-order valence-electron chi connectivity index (χ1n) is 8.18. The third kappa shape index (κ3) is 6.63. The molecule has 1 saturated heterocycles. The molecule has 6 heteroatoms. The summed E-state index contributed by atoms with van der Waals surface area (Å²) < 4.78 is 5.79. The predicted octanol–water partition coefficient (Wildman–Crippen LogP) is 2.67. The largest absolute Gasteiger partial charge is 0.373 e. The molecule has 0 radical (unpaired) electrons. The van der Waals surface area contributed by atoms with Gasteiger partial charge in [0.25, 0.3) is 0 Å². The minimum absolute atomic E-state index is 0. The number of guanidine groups is 1. The van der Waals surface area contributed by atoms with E-state index < -0.39 is 0 Å². The Labute approximate surface area is 156 Å². The van der Waals surface area contributed by atoms with Gasteiger partial charge in [-0.3, -0.25) is 9.98 Å². The summed E-state index contributed by atoms with van der Waals surface area (Å²) in [4.78, 5) is 8.81. The van der Waals surface area contributed by atoms with E-state index in [4.69, 9.17) is 4.74 Å². The Morgan fingerprint density at radius 2 is 2.26 bits per heavy atom. The molecule has 0 aromatic carbocycles. The van der Waals surface area contributed by atoms with Gasteiger partial charge >= 0.3 is 0 Å². The third-order valence-electron chi connectivity index (χ3n) is 4.04. The fourth-order valence-electron chi connectivity index (χ4n) is 2.65. The van der Waals surface area contributed by atoms with Crippen LogP contribution in [0.4, 0.5) is 0 Å². The minimum atomic E-state index is -0.0932. The van der Waals surface area contributed by atoms with Crippen LogP contribution in [0.2, 0.25) is 0 Å². The number of hydrogen-bond acceptors (Lipinski definition) is 3. The molecule has 2 rings (SSSR count). The fourth-order valence-corrected chi connectivity index (χ4v) is 2.65. The van der Waals surface area contributed by atoms with Crippen LogP contribution in [0.15, 0.2) is 23.5 Å². The highest BCUT2D eigenvalue weighted by atomic mass is 127. The molecular weight excluding hydrogens is 403 g/mol. The number of hydrogen-bond donors (Lipinski definition) is 2. The molecule has 5 nitrogen and oxygen atoms in total. The van der Waals surface area contributed by atoms with Crippen LogP contribution in [0.3, 0.4) is 0 Å². The van der Waals surface area contributed by atoms with Crippen LogP contribution in [0.1, 0.15) is 37.8 Å². The van der Waals surface area contributed by atoms with Gasteiger partial charge in [-0.05, 0) is 57.2 Å². The Hall–Kier alpha value is -0.890. The molecule has 2 heterocycles. The molecular formula is C17H29IN4O. The first-order chi connectivity index (χ1) is 10.6. The summed E-state index contributed by atoms with van der Waals surface area (Å²) in [5, 5.41) is 6.70. The van der Waals surface area contributed by atoms with Crippen molar-refractivity contribution < 1.29 is 4.74 Å². The average molecular weight is 432 g/mol. The van der Waals surface area contributed by atoms with E-state index in [1.54, 1.807) is 0 Å². The average Bonchev–Trinajstić information content (AvgIpc) is 2.94. The second-order valence-corrected chi connectivity index (χ2v) is 6.08. The number of nitrogens with one attached hydrogen (secondary N) is 2. The maximum absolute atomic E-state index is 5.79. The van der Waals surface area contributed by atoms with E-state index in [1.165, 1.54) is 11.1 Å². The molecule has 0 aliphatic carbocycles.